The number of anilines is 2. The number of nitrogens with one attached hydrogen (secondary N) is 2. The van der Waals surface area contributed by atoms with E-state index in [4.69, 9.17) is 0 Å². The van der Waals surface area contributed by atoms with Crippen LogP contribution < -0.4 is 10.6 Å². The minimum atomic E-state index is -0.481. The summed E-state index contributed by atoms with van der Waals surface area (Å²) in [7, 11) is 1.29. The number of carbonyl (C=O) groups is 4. The third-order valence-electron chi connectivity index (χ3n) is 3.83. The monoisotopic (exact) mass is 380 g/mol. The van der Waals surface area contributed by atoms with Crippen LogP contribution in [0.3, 0.4) is 0 Å². The van der Waals surface area contributed by atoms with Crippen molar-refractivity contribution in [3.05, 3.63) is 71.3 Å². The Balaban J connectivity index is 1.97. The van der Waals surface area contributed by atoms with Gasteiger partial charge in [0.25, 0.3) is 5.91 Å². The molecule has 0 atom stereocenters. The van der Waals surface area contributed by atoms with Crippen molar-refractivity contribution in [2.75, 3.05) is 17.7 Å². The molecule has 2 N–H and O–H groups in total. The fraction of sp³-hybridized carbons (Fsp3) is 0.143. The SMILES string of the molecule is COC(=O)c1ccc(NC(=O)/C=C(/C)C(=O)Nc2ccc(C(C)=O)cc2)cc1. The summed E-state index contributed by atoms with van der Waals surface area (Å²) >= 11 is 0. The standard InChI is InChI=1S/C21H20N2O5/c1-13(20(26)23-18-8-4-15(5-9-18)14(2)24)12-19(25)22-17-10-6-16(7-11-17)21(27)28-3/h4-12H,1-3H3,(H,22,25)(H,23,26)/b13-12-. The number of amides is 2. The highest BCUT2D eigenvalue weighted by atomic mass is 16.5. The first-order valence-electron chi connectivity index (χ1n) is 8.40. The van der Waals surface area contributed by atoms with Crippen molar-refractivity contribution >= 4 is 34.9 Å². The van der Waals surface area contributed by atoms with Gasteiger partial charge in [-0.3, -0.25) is 14.4 Å². The van der Waals surface area contributed by atoms with Crippen molar-refractivity contribution in [3.63, 3.8) is 0 Å². The summed E-state index contributed by atoms with van der Waals surface area (Å²) in [6.45, 7) is 2.97. The summed E-state index contributed by atoms with van der Waals surface area (Å²) in [5.41, 5.74) is 2.10. The number of carbonyl (C=O) groups excluding carboxylic acids is 4. The summed E-state index contributed by atoms with van der Waals surface area (Å²) < 4.78 is 4.61. The van der Waals surface area contributed by atoms with Gasteiger partial charge in [0.2, 0.25) is 5.91 Å². The second-order valence-electron chi connectivity index (χ2n) is 5.97. The van der Waals surface area contributed by atoms with E-state index in [2.05, 4.69) is 15.4 Å². The molecule has 0 fully saturated rings. The van der Waals surface area contributed by atoms with Crippen molar-refractivity contribution in [2.24, 2.45) is 0 Å². The highest BCUT2D eigenvalue weighted by Gasteiger charge is 2.09. The Morgan fingerprint density at radius 1 is 0.786 bits per heavy atom. The molecule has 0 saturated carbocycles. The molecule has 144 valence electrons. The topological polar surface area (TPSA) is 102 Å². The van der Waals surface area contributed by atoms with Crippen LogP contribution in [0.15, 0.2) is 60.2 Å². The van der Waals surface area contributed by atoms with Crippen LogP contribution in [0.25, 0.3) is 0 Å². The molecule has 0 unspecified atom stereocenters. The van der Waals surface area contributed by atoms with Crippen LogP contribution >= 0.6 is 0 Å². The van der Waals surface area contributed by atoms with Crippen molar-refractivity contribution in [1.29, 1.82) is 0 Å². The van der Waals surface area contributed by atoms with Gasteiger partial charge in [-0.1, -0.05) is 0 Å². The molecule has 0 saturated heterocycles. The summed E-state index contributed by atoms with van der Waals surface area (Å²) in [4.78, 5) is 46.9. The molecule has 2 rings (SSSR count). The molecular weight excluding hydrogens is 360 g/mol. The minimum absolute atomic E-state index is 0.0646. The van der Waals surface area contributed by atoms with E-state index in [1.807, 2.05) is 0 Å². The lowest BCUT2D eigenvalue weighted by molar-refractivity contribution is -0.114. The summed E-state index contributed by atoms with van der Waals surface area (Å²) in [5.74, 6) is -1.45. The minimum Gasteiger partial charge on any atom is -0.465 e. The summed E-state index contributed by atoms with van der Waals surface area (Å²) in [5, 5.41) is 5.26. The van der Waals surface area contributed by atoms with Crippen LogP contribution in [0.5, 0.6) is 0 Å². The lowest BCUT2D eigenvalue weighted by Gasteiger charge is -2.07. The second kappa shape index (κ2) is 9.27. The Bertz CT molecular complexity index is 928. The molecule has 7 heteroatoms. The first-order valence-corrected chi connectivity index (χ1v) is 8.40. The molecule has 0 aliphatic carbocycles. The Morgan fingerprint density at radius 2 is 1.29 bits per heavy atom. The number of ether oxygens (including phenoxy) is 1. The van der Waals surface area contributed by atoms with E-state index in [1.165, 1.54) is 39.2 Å². The number of hydrogen-bond acceptors (Lipinski definition) is 5. The molecule has 0 bridgehead atoms. The zero-order valence-corrected chi connectivity index (χ0v) is 15.7. The van der Waals surface area contributed by atoms with Gasteiger partial charge in [0.05, 0.1) is 12.7 Å². The van der Waals surface area contributed by atoms with Crippen molar-refractivity contribution in [2.45, 2.75) is 13.8 Å². The number of rotatable bonds is 6. The number of hydrogen-bond donors (Lipinski definition) is 2. The van der Waals surface area contributed by atoms with Crippen molar-refractivity contribution in [3.8, 4) is 0 Å². The van der Waals surface area contributed by atoms with E-state index >= 15 is 0 Å². The quantitative estimate of drug-likeness (QED) is 0.455. The lowest BCUT2D eigenvalue weighted by Crippen LogP contribution is -2.16. The van der Waals surface area contributed by atoms with Gasteiger partial charge in [-0.15, -0.1) is 0 Å². The van der Waals surface area contributed by atoms with Gasteiger partial charge in [0.1, 0.15) is 0 Å². The van der Waals surface area contributed by atoms with E-state index in [0.717, 1.165) is 0 Å². The Labute approximate surface area is 162 Å². The Kier molecular flexibility index (Phi) is 6.81. The van der Waals surface area contributed by atoms with Gasteiger partial charge in [-0.05, 0) is 62.4 Å². The average molecular weight is 380 g/mol. The van der Waals surface area contributed by atoms with Crippen LogP contribution in [-0.2, 0) is 14.3 Å². The van der Waals surface area contributed by atoms with Crippen LogP contribution in [0.1, 0.15) is 34.6 Å². The number of methoxy groups -OCH3 is 1. The third-order valence-corrected chi connectivity index (χ3v) is 3.83. The fourth-order valence-electron chi connectivity index (χ4n) is 2.27. The predicted octanol–water partition coefficient (Wildman–Crippen LogP) is 3.20. The van der Waals surface area contributed by atoms with Crippen LogP contribution in [0.4, 0.5) is 11.4 Å². The summed E-state index contributed by atoms with van der Waals surface area (Å²) in [6.07, 6.45) is 1.17. The van der Waals surface area contributed by atoms with Gasteiger partial charge in [-0.2, -0.15) is 0 Å². The summed E-state index contributed by atoms with van der Waals surface area (Å²) in [6, 6.07) is 12.6. The van der Waals surface area contributed by atoms with E-state index in [1.54, 1.807) is 36.4 Å². The van der Waals surface area contributed by atoms with Crippen LogP contribution in [0.2, 0.25) is 0 Å². The maximum Gasteiger partial charge on any atom is 0.337 e. The molecule has 0 radical (unpaired) electrons. The molecule has 2 amide bonds. The highest BCUT2D eigenvalue weighted by Crippen LogP contribution is 2.13. The molecule has 28 heavy (non-hydrogen) atoms. The normalized spacial score (nSPS) is 10.8. The fourth-order valence-corrected chi connectivity index (χ4v) is 2.27. The smallest absolute Gasteiger partial charge is 0.337 e. The maximum atomic E-state index is 12.2. The molecule has 0 aliphatic rings. The molecule has 2 aromatic carbocycles. The molecule has 0 aliphatic heterocycles. The zero-order chi connectivity index (χ0) is 20.7. The van der Waals surface area contributed by atoms with Gasteiger partial charge in [0.15, 0.2) is 5.78 Å². The molecule has 7 nitrogen and oxygen atoms in total. The van der Waals surface area contributed by atoms with E-state index < -0.39 is 17.8 Å². The number of esters is 1. The van der Waals surface area contributed by atoms with Gasteiger partial charge in [-0.25, -0.2) is 4.79 Å². The van der Waals surface area contributed by atoms with E-state index in [-0.39, 0.29) is 11.4 Å². The average Bonchev–Trinajstić information content (AvgIpc) is 2.68. The van der Waals surface area contributed by atoms with E-state index in [9.17, 15) is 19.2 Å². The maximum absolute atomic E-state index is 12.2. The molecule has 0 aromatic heterocycles. The predicted molar refractivity (Wildman–Crippen MR) is 105 cm³/mol. The largest absolute Gasteiger partial charge is 0.465 e. The number of Topliss-reactive ketones (excluding diaryl/α,β-unsaturated/α-hetero) is 1. The molecule has 0 spiro atoms. The van der Waals surface area contributed by atoms with Crippen LogP contribution in [0, 0.1) is 0 Å². The van der Waals surface area contributed by atoms with Crippen molar-refractivity contribution < 1.29 is 23.9 Å². The van der Waals surface area contributed by atoms with Gasteiger partial charge < -0.3 is 15.4 Å². The molecular formula is C21H20N2O5. The van der Waals surface area contributed by atoms with Crippen molar-refractivity contribution in [1.82, 2.24) is 0 Å². The molecule has 2 aromatic rings. The van der Waals surface area contributed by atoms with Gasteiger partial charge in [0, 0.05) is 28.6 Å². The number of ketones is 1. The number of benzene rings is 2. The Hall–Kier alpha value is -3.74. The lowest BCUT2D eigenvalue weighted by atomic mass is 10.1. The first-order chi connectivity index (χ1) is 13.3. The first kappa shape index (κ1) is 20.6. The molecule has 0 heterocycles. The van der Waals surface area contributed by atoms with Crippen LogP contribution in [-0.4, -0.2) is 30.7 Å². The third kappa shape index (κ3) is 5.63. The second-order valence-corrected chi connectivity index (χ2v) is 5.97. The van der Waals surface area contributed by atoms with Gasteiger partial charge >= 0.3 is 5.97 Å². The van der Waals surface area contributed by atoms with E-state index in [0.29, 0.717) is 22.5 Å². The highest BCUT2D eigenvalue weighted by molar-refractivity contribution is 6.10. The zero-order valence-electron chi connectivity index (χ0n) is 15.7. The Morgan fingerprint density at radius 3 is 1.79 bits per heavy atom.